The fourth-order valence-corrected chi connectivity index (χ4v) is 1.61. The number of rotatable bonds is 8. The molecule has 1 aromatic carbocycles. The Labute approximate surface area is 156 Å². The van der Waals surface area contributed by atoms with Crippen LogP contribution in [0.25, 0.3) is 0 Å². The van der Waals surface area contributed by atoms with Gasteiger partial charge in [0.05, 0.1) is 12.2 Å². The summed E-state index contributed by atoms with van der Waals surface area (Å²) < 4.78 is 36.8. The molecule has 0 spiro atoms. The van der Waals surface area contributed by atoms with Crippen LogP contribution in [-0.4, -0.2) is 79.3 Å². The number of benzene rings is 1. The highest BCUT2D eigenvalue weighted by atomic mass is 19.4. The largest absolute Gasteiger partial charge is 0.416 e. The Morgan fingerprint density at radius 3 is 2.15 bits per heavy atom. The lowest BCUT2D eigenvalue weighted by Crippen LogP contribution is -2.36. The zero-order chi connectivity index (χ0) is 21.0. The minimum atomic E-state index is -4.39. The molecular formula is C17H26F3N3O4. The summed E-state index contributed by atoms with van der Waals surface area (Å²) in [5.74, 6) is -0.780. The number of hydrogen-bond donors (Lipinski definition) is 3. The molecule has 0 aliphatic heterocycles. The molecule has 2 amide bonds. The molecule has 1 unspecified atom stereocenters. The lowest BCUT2D eigenvalue weighted by molar-refractivity contribution is -0.137. The highest BCUT2D eigenvalue weighted by Gasteiger charge is 2.29. The molecule has 0 aliphatic rings. The number of hydrogen-bond acceptors (Lipinski definition) is 5. The Bertz CT molecular complexity index is 566. The van der Waals surface area contributed by atoms with Gasteiger partial charge in [0.2, 0.25) is 6.41 Å². The summed E-state index contributed by atoms with van der Waals surface area (Å²) >= 11 is 0. The first-order valence-electron chi connectivity index (χ1n) is 8.04. The number of aliphatic hydroxyl groups excluding tert-OH is 2. The Morgan fingerprint density at radius 1 is 1.19 bits per heavy atom. The van der Waals surface area contributed by atoms with E-state index in [4.69, 9.17) is 10.2 Å². The summed E-state index contributed by atoms with van der Waals surface area (Å²) in [5.41, 5.74) is -0.311. The predicted octanol–water partition coefficient (Wildman–Crippen LogP) is 0.311. The fraction of sp³-hybridized carbons (Fsp3) is 0.529. The Hall–Kier alpha value is -2.17. The van der Waals surface area contributed by atoms with Crippen molar-refractivity contribution in [2.24, 2.45) is 0 Å². The summed E-state index contributed by atoms with van der Waals surface area (Å²) in [5, 5.41) is 19.7. The first-order chi connectivity index (χ1) is 12.5. The third-order valence-electron chi connectivity index (χ3n) is 3.30. The average Bonchev–Trinajstić information content (AvgIpc) is 2.63. The van der Waals surface area contributed by atoms with Crippen LogP contribution in [0, 0.1) is 0 Å². The van der Waals surface area contributed by atoms with Crippen LogP contribution >= 0.6 is 0 Å². The Kier molecular flexibility index (Phi) is 11.3. The van der Waals surface area contributed by atoms with Crippen LogP contribution in [0.2, 0.25) is 0 Å². The second kappa shape index (κ2) is 12.3. The van der Waals surface area contributed by atoms with Crippen LogP contribution in [0.5, 0.6) is 0 Å². The first kappa shape index (κ1) is 24.8. The van der Waals surface area contributed by atoms with Crippen molar-refractivity contribution >= 4 is 12.3 Å². The minimum Gasteiger partial charge on any atom is -0.393 e. The molecule has 1 rings (SSSR count). The number of amides is 2. The van der Waals surface area contributed by atoms with Gasteiger partial charge in [0.15, 0.2) is 6.10 Å². The molecule has 0 aromatic heterocycles. The van der Waals surface area contributed by atoms with Crippen LogP contribution < -0.4 is 5.32 Å². The van der Waals surface area contributed by atoms with E-state index in [0.717, 1.165) is 31.6 Å². The molecule has 3 N–H and O–H groups in total. The van der Waals surface area contributed by atoms with Crippen LogP contribution in [0.15, 0.2) is 24.3 Å². The molecule has 10 heteroatoms. The van der Waals surface area contributed by atoms with E-state index in [0.29, 0.717) is 5.56 Å². The maximum absolute atomic E-state index is 12.3. The maximum Gasteiger partial charge on any atom is 0.416 e. The smallest absolute Gasteiger partial charge is 0.393 e. The number of carbonyl (C=O) groups is 2. The van der Waals surface area contributed by atoms with Crippen molar-refractivity contribution in [3.63, 3.8) is 0 Å². The van der Waals surface area contributed by atoms with E-state index in [1.165, 1.54) is 12.1 Å². The normalized spacial score (nSPS) is 12.0. The van der Waals surface area contributed by atoms with E-state index in [2.05, 4.69) is 5.32 Å². The monoisotopic (exact) mass is 393 g/mol. The van der Waals surface area contributed by atoms with Gasteiger partial charge >= 0.3 is 6.18 Å². The summed E-state index contributed by atoms with van der Waals surface area (Å²) in [4.78, 5) is 24.8. The van der Waals surface area contributed by atoms with Gasteiger partial charge in [0, 0.05) is 26.7 Å². The molecule has 0 saturated heterocycles. The van der Waals surface area contributed by atoms with Gasteiger partial charge in [-0.25, -0.2) is 0 Å². The topological polar surface area (TPSA) is 93.1 Å². The van der Waals surface area contributed by atoms with E-state index in [-0.39, 0.29) is 6.54 Å². The van der Waals surface area contributed by atoms with Crippen molar-refractivity contribution in [1.29, 1.82) is 0 Å². The van der Waals surface area contributed by atoms with Crippen LogP contribution in [-0.2, 0) is 22.3 Å². The molecule has 7 nitrogen and oxygen atoms in total. The summed E-state index contributed by atoms with van der Waals surface area (Å²) in [6.07, 6.45) is -5.09. The Morgan fingerprint density at radius 2 is 1.74 bits per heavy atom. The van der Waals surface area contributed by atoms with E-state index >= 15 is 0 Å². The quantitative estimate of drug-likeness (QED) is 0.553. The molecular weight excluding hydrogens is 367 g/mol. The summed E-state index contributed by atoms with van der Waals surface area (Å²) in [7, 11) is 5.74. The molecule has 0 saturated carbocycles. The summed E-state index contributed by atoms with van der Waals surface area (Å²) in [6, 6.07) is 4.27. The number of aliphatic hydroxyl groups is 2. The average molecular weight is 393 g/mol. The highest BCUT2D eigenvalue weighted by Crippen LogP contribution is 2.28. The van der Waals surface area contributed by atoms with Crippen molar-refractivity contribution in [3.05, 3.63) is 35.4 Å². The van der Waals surface area contributed by atoms with Gasteiger partial charge in [-0.1, -0.05) is 12.1 Å². The van der Waals surface area contributed by atoms with Crippen molar-refractivity contribution < 1.29 is 33.0 Å². The van der Waals surface area contributed by atoms with E-state index in [9.17, 15) is 22.8 Å². The number of alkyl halides is 3. The molecule has 0 aliphatic carbocycles. The number of halogens is 3. The number of nitrogens with zero attached hydrogens (tertiary/aromatic N) is 2. The molecule has 0 radical (unpaired) electrons. The first-order valence-corrected chi connectivity index (χ1v) is 8.04. The molecule has 0 heterocycles. The standard InChI is InChI=1S/C11H12F3NO3.C6H14N2O/c12-11(13,14)8-3-1-7(2-4-8)5-15-10(18)9(17)6-16;1-7(2)4-5-8(3)6-9/h1-4,9,16-17H,5-6H2,(H,15,18);6H,4-5H2,1-3H3. The molecule has 0 bridgehead atoms. The van der Waals surface area contributed by atoms with Crippen molar-refractivity contribution in [3.8, 4) is 0 Å². The van der Waals surface area contributed by atoms with Crippen molar-refractivity contribution in [2.75, 3.05) is 40.8 Å². The number of likely N-dealkylation sites (N-methyl/N-ethyl adjacent to an activating group) is 2. The number of nitrogens with one attached hydrogen (secondary N) is 1. The SMILES string of the molecule is CN(C)CCN(C)C=O.O=C(NCc1ccc(C(F)(F)F)cc1)C(O)CO. The molecule has 154 valence electrons. The zero-order valence-electron chi connectivity index (χ0n) is 15.5. The van der Waals surface area contributed by atoms with Crippen molar-refractivity contribution in [1.82, 2.24) is 15.1 Å². The molecule has 0 fully saturated rings. The van der Waals surface area contributed by atoms with Gasteiger partial charge in [-0.05, 0) is 31.8 Å². The molecule has 1 aromatic rings. The lowest BCUT2D eigenvalue weighted by atomic mass is 10.1. The van der Waals surface area contributed by atoms with Gasteiger partial charge in [-0.2, -0.15) is 13.2 Å². The summed E-state index contributed by atoms with van der Waals surface area (Å²) in [6.45, 7) is 0.999. The third kappa shape index (κ3) is 11.2. The zero-order valence-corrected chi connectivity index (χ0v) is 15.5. The Balaban J connectivity index is 0.000000636. The predicted molar refractivity (Wildman–Crippen MR) is 93.6 cm³/mol. The minimum absolute atomic E-state index is 0.0198. The molecule has 27 heavy (non-hydrogen) atoms. The second-order valence-electron chi connectivity index (χ2n) is 6.00. The van der Waals surface area contributed by atoms with Gasteiger partial charge in [0.25, 0.3) is 5.91 Å². The van der Waals surface area contributed by atoms with E-state index in [1.807, 2.05) is 19.0 Å². The van der Waals surface area contributed by atoms with Gasteiger partial charge in [-0.3, -0.25) is 9.59 Å². The number of carbonyl (C=O) groups excluding carboxylic acids is 2. The highest BCUT2D eigenvalue weighted by molar-refractivity contribution is 5.80. The van der Waals surface area contributed by atoms with Gasteiger partial charge in [0.1, 0.15) is 0 Å². The second-order valence-corrected chi connectivity index (χ2v) is 6.00. The van der Waals surface area contributed by atoms with Crippen LogP contribution in [0.1, 0.15) is 11.1 Å². The third-order valence-corrected chi connectivity index (χ3v) is 3.30. The van der Waals surface area contributed by atoms with Gasteiger partial charge < -0.3 is 25.3 Å². The van der Waals surface area contributed by atoms with E-state index in [1.54, 1.807) is 11.9 Å². The van der Waals surface area contributed by atoms with Crippen molar-refractivity contribution in [2.45, 2.75) is 18.8 Å². The lowest BCUT2D eigenvalue weighted by Gasteiger charge is -2.13. The van der Waals surface area contributed by atoms with E-state index < -0.39 is 30.4 Å². The van der Waals surface area contributed by atoms with Crippen LogP contribution in [0.4, 0.5) is 13.2 Å². The van der Waals surface area contributed by atoms with Gasteiger partial charge in [-0.15, -0.1) is 0 Å². The molecule has 1 atom stereocenters. The van der Waals surface area contributed by atoms with Crippen LogP contribution in [0.3, 0.4) is 0 Å². The fourth-order valence-electron chi connectivity index (χ4n) is 1.61. The maximum atomic E-state index is 12.3.